The van der Waals surface area contributed by atoms with Crippen LogP contribution in [0.2, 0.25) is 0 Å². The van der Waals surface area contributed by atoms with Gasteiger partial charge in [-0.1, -0.05) is 18.2 Å². The largest absolute Gasteiger partial charge is 0.484 e. The van der Waals surface area contributed by atoms with Crippen molar-refractivity contribution in [3.05, 3.63) is 60.6 Å². The van der Waals surface area contributed by atoms with Crippen molar-refractivity contribution < 1.29 is 9.53 Å². The third kappa shape index (κ3) is 3.63. The Morgan fingerprint density at radius 1 is 1.13 bits per heavy atom. The van der Waals surface area contributed by atoms with Crippen LogP contribution in [0.4, 0.5) is 0 Å². The highest BCUT2D eigenvalue weighted by molar-refractivity contribution is 5.82. The predicted molar refractivity (Wildman–Crippen MR) is 112 cm³/mol. The lowest BCUT2D eigenvalue weighted by Gasteiger charge is -2.34. The molecule has 1 saturated heterocycles. The highest BCUT2D eigenvalue weighted by Crippen LogP contribution is 2.30. The zero-order chi connectivity index (χ0) is 20.3. The second-order valence-corrected chi connectivity index (χ2v) is 7.42. The number of hydrogen-bond donors (Lipinski definition) is 2. The van der Waals surface area contributed by atoms with Gasteiger partial charge >= 0.3 is 0 Å². The molecule has 152 valence electrons. The van der Waals surface area contributed by atoms with Crippen LogP contribution in [-0.2, 0) is 4.79 Å². The number of carbonyl (C=O) groups is 1. The van der Waals surface area contributed by atoms with Gasteiger partial charge in [-0.15, -0.1) is 0 Å². The number of carbonyl (C=O) groups excluding carboxylic acids is 1. The van der Waals surface area contributed by atoms with Gasteiger partial charge in [0.05, 0.1) is 17.8 Å². The van der Waals surface area contributed by atoms with Crippen LogP contribution in [0.1, 0.15) is 31.1 Å². The highest BCUT2D eigenvalue weighted by Gasteiger charge is 2.30. The summed E-state index contributed by atoms with van der Waals surface area (Å²) in [7, 11) is 0. The van der Waals surface area contributed by atoms with Crippen LogP contribution in [0.5, 0.6) is 5.75 Å². The third-order valence-electron chi connectivity index (χ3n) is 5.45. The molecule has 2 aromatic heterocycles. The number of aromatic nitrogens is 5. The molecule has 0 aliphatic carbocycles. The maximum atomic E-state index is 12.9. The second-order valence-electron chi connectivity index (χ2n) is 7.42. The van der Waals surface area contributed by atoms with Gasteiger partial charge in [0.15, 0.2) is 12.4 Å². The number of nitrogens with zero attached hydrogens (tertiary/aromatic N) is 4. The van der Waals surface area contributed by atoms with Gasteiger partial charge in [-0.25, -0.2) is 4.98 Å². The minimum atomic E-state index is -0.121. The first-order valence-corrected chi connectivity index (χ1v) is 10.1. The van der Waals surface area contributed by atoms with Crippen molar-refractivity contribution in [3.8, 4) is 17.1 Å². The van der Waals surface area contributed by atoms with Crippen LogP contribution in [0.15, 0.2) is 54.7 Å². The Bertz CT molecular complexity index is 1150. The van der Waals surface area contributed by atoms with Gasteiger partial charge in [0, 0.05) is 17.5 Å². The average Bonchev–Trinajstić information content (AvgIpc) is 3.47. The fraction of sp³-hybridized carbons (Fsp3) is 0.273. The van der Waals surface area contributed by atoms with Gasteiger partial charge in [0.1, 0.15) is 11.6 Å². The number of fused-ring (bicyclic) bond motifs is 1. The molecule has 5 rings (SSSR count). The first-order chi connectivity index (χ1) is 14.8. The Balaban J connectivity index is 1.33. The standard InChI is InChI=1S/C22H22N6O2/c29-20(14-30-17-6-2-1-3-7-17)28-11-5-4-8-19(28)22-24-21(26-27-22)15-9-10-18-16(12-15)13-23-25-18/h1-3,6-7,9-10,12-13,19H,4-5,8,11,14H2,(H,23,25)(H,24,26,27)/t19-/m1/s1. The lowest BCUT2D eigenvalue weighted by Crippen LogP contribution is -2.41. The Kier molecular flexibility index (Phi) is 4.88. The normalized spacial score (nSPS) is 16.7. The van der Waals surface area contributed by atoms with Crippen molar-refractivity contribution in [1.82, 2.24) is 30.3 Å². The molecular formula is C22H22N6O2. The summed E-state index contributed by atoms with van der Waals surface area (Å²) in [6, 6.07) is 15.2. The summed E-state index contributed by atoms with van der Waals surface area (Å²) in [5.41, 5.74) is 1.88. The molecule has 1 aliphatic heterocycles. The van der Waals surface area contributed by atoms with E-state index in [2.05, 4.69) is 20.4 Å². The summed E-state index contributed by atoms with van der Waals surface area (Å²) in [4.78, 5) is 19.4. The fourth-order valence-electron chi connectivity index (χ4n) is 3.89. The molecule has 0 spiro atoms. The van der Waals surface area contributed by atoms with E-state index >= 15 is 0 Å². The molecule has 8 nitrogen and oxygen atoms in total. The number of amides is 1. The van der Waals surface area contributed by atoms with Crippen molar-refractivity contribution in [3.63, 3.8) is 0 Å². The molecule has 8 heteroatoms. The van der Waals surface area contributed by atoms with Crippen molar-refractivity contribution in [2.24, 2.45) is 0 Å². The van der Waals surface area contributed by atoms with Gasteiger partial charge < -0.3 is 9.64 Å². The van der Waals surface area contributed by atoms with Crippen molar-refractivity contribution in [1.29, 1.82) is 0 Å². The topological polar surface area (TPSA) is 99.8 Å². The molecule has 30 heavy (non-hydrogen) atoms. The fourth-order valence-corrected chi connectivity index (χ4v) is 3.89. The Hall–Kier alpha value is -3.68. The Morgan fingerprint density at radius 3 is 2.93 bits per heavy atom. The summed E-state index contributed by atoms with van der Waals surface area (Å²) in [6.45, 7) is 0.706. The molecule has 2 aromatic carbocycles. The van der Waals surface area contributed by atoms with Crippen LogP contribution in [0, 0.1) is 0 Å². The molecule has 2 N–H and O–H groups in total. The van der Waals surface area contributed by atoms with Crippen molar-refractivity contribution in [2.45, 2.75) is 25.3 Å². The van der Waals surface area contributed by atoms with E-state index in [0.717, 1.165) is 35.7 Å². The molecular weight excluding hydrogens is 380 g/mol. The van der Waals surface area contributed by atoms with Crippen LogP contribution < -0.4 is 4.74 Å². The number of para-hydroxylation sites is 1. The summed E-state index contributed by atoms with van der Waals surface area (Å²) in [6.07, 6.45) is 4.66. The molecule has 1 fully saturated rings. The number of H-pyrrole nitrogens is 2. The van der Waals surface area contributed by atoms with E-state index in [9.17, 15) is 4.79 Å². The summed E-state index contributed by atoms with van der Waals surface area (Å²) < 4.78 is 5.67. The third-order valence-corrected chi connectivity index (χ3v) is 5.45. The molecule has 1 amide bonds. The van der Waals surface area contributed by atoms with Gasteiger partial charge in [-0.3, -0.25) is 15.0 Å². The SMILES string of the molecule is O=C(COc1ccccc1)N1CCCC[C@@H]1c1nc(-c2ccc3[nH]ncc3c2)n[nH]1. The van der Waals surface area contributed by atoms with E-state index in [1.54, 1.807) is 6.20 Å². The molecule has 1 atom stereocenters. The van der Waals surface area contributed by atoms with Gasteiger partial charge in [0.25, 0.3) is 5.91 Å². The summed E-state index contributed by atoms with van der Waals surface area (Å²) >= 11 is 0. The second kappa shape index (κ2) is 7.98. The molecule has 4 aromatic rings. The predicted octanol–water partition coefficient (Wildman–Crippen LogP) is 3.48. The number of aromatic amines is 2. The molecule has 0 unspecified atom stereocenters. The molecule has 0 radical (unpaired) electrons. The summed E-state index contributed by atoms with van der Waals surface area (Å²) in [5.74, 6) is 1.98. The first-order valence-electron chi connectivity index (χ1n) is 10.1. The zero-order valence-electron chi connectivity index (χ0n) is 16.4. The van der Waals surface area contributed by atoms with Crippen LogP contribution in [-0.4, -0.2) is 49.3 Å². The minimum Gasteiger partial charge on any atom is -0.484 e. The summed E-state index contributed by atoms with van der Waals surface area (Å²) in [5, 5.41) is 15.5. The monoisotopic (exact) mass is 402 g/mol. The maximum absolute atomic E-state index is 12.9. The van der Waals surface area contributed by atoms with Crippen molar-refractivity contribution >= 4 is 16.8 Å². The van der Waals surface area contributed by atoms with Crippen LogP contribution in [0.3, 0.4) is 0 Å². The average molecular weight is 402 g/mol. The number of ether oxygens (including phenoxy) is 1. The molecule has 0 bridgehead atoms. The lowest BCUT2D eigenvalue weighted by molar-refractivity contribution is -0.137. The number of likely N-dealkylation sites (tertiary alicyclic amines) is 1. The number of hydrogen-bond acceptors (Lipinski definition) is 5. The maximum Gasteiger partial charge on any atom is 0.261 e. The number of benzene rings is 2. The lowest BCUT2D eigenvalue weighted by atomic mass is 10.0. The van der Waals surface area contributed by atoms with E-state index in [4.69, 9.17) is 9.72 Å². The van der Waals surface area contributed by atoms with Crippen LogP contribution >= 0.6 is 0 Å². The number of nitrogens with one attached hydrogen (secondary N) is 2. The highest BCUT2D eigenvalue weighted by atomic mass is 16.5. The first kappa shape index (κ1) is 18.4. The molecule has 0 saturated carbocycles. The van der Waals surface area contributed by atoms with E-state index in [1.165, 1.54) is 0 Å². The van der Waals surface area contributed by atoms with Crippen LogP contribution in [0.25, 0.3) is 22.3 Å². The Morgan fingerprint density at radius 2 is 2.03 bits per heavy atom. The zero-order valence-corrected chi connectivity index (χ0v) is 16.4. The molecule has 3 heterocycles. The van der Waals surface area contributed by atoms with E-state index in [-0.39, 0.29) is 18.6 Å². The minimum absolute atomic E-state index is 0.0126. The van der Waals surface area contributed by atoms with E-state index < -0.39 is 0 Å². The van der Waals surface area contributed by atoms with E-state index in [0.29, 0.717) is 23.9 Å². The number of piperidine rings is 1. The Labute approximate surface area is 173 Å². The quantitative estimate of drug-likeness (QED) is 0.532. The molecule has 1 aliphatic rings. The van der Waals surface area contributed by atoms with Gasteiger partial charge in [-0.05, 0) is 49.6 Å². The number of rotatable bonds is 5. The van der Waals surface area contributed by atoms with Crippen molar-refractivity contribution in [2.75, 3.05) is 13.2 Å². The van der Waals surface area contributed by atoms with Gasteiger partial charge in [0.2, 0.25) is 0 Å². The van der Waals surface area contributed by atoms with E-state index in [1.807, 2.05) is 53.4 Å². The van der Waals surface area contributed by atoms with Gasteiger partial charge in [-0.2, -0.15) is 10.2 Å². The smallest absolute Gasteiger partial charge is 0.261 e.